The van der Waals surface area contributed by atoms with E-state index >= 15 is 0 Å². The van der Waals surface area contributed by atoms with Crippen molar-refractivity contribution in [3.05, 3.63) is 11.6 Å². The summed E-state index contributed by atoms with van der Waals surface area (Å²) in [4.78, 5) is 0. The zero-order valence-corrected chi connectivity index (χ0v) is 23.5. The van der Waals surface area contributed by atoms with Crippen molar-refractivity contribution >= 4 is 0 Å². The lowest BCUT2D eigenvalue weighted by molar-refractivity contribution is -0.373. The standard InChI is InChI=1S/C25H43NO18/c1-6-11(26-8-2-7(3-27)12(30)15(33)13(8)31)14(32)19(37)24(40-6)43-22-10(5-29)42-25(20(38)17(22)35)44-21-9(4-28)41-23(39)18(36)16(21)34/h2,6,8-39H,3-5H2,1H3/t6-,8+,9-,10-,11+,12-,13+,14+,15+,16-,17-,18+,19+,20+,21+,22+,23-,24+,25+/m0/s1. The van der Waals surface area contributed by atoms with Crippen LogP contribution in [0.25, 0.3) is 0 Å². The Labute approximate surface area is 250 Å². The molecule has 4 rings (SSSR count). The van der Waals surface area contributed by atoms with E-state index in [1.54, 1.807) is 0 Å². The third-order valence-electron chi connectivity index (χ3n) is 8.48. The number of aliphatic hydroxyl groups is 13. The summed E-state index contributed by atoms with van der Waals surface area (Å²) in [6.07, 6.45) is -26.6. The molecule has 14 N–H and O–H groups in total. The SMILES string of the molecule is C[C@@H]1O[C@H](O[C@H]2[C@@H](O)[C@@H](O)[C@@H](O[C@H]3[C@@H](O)[C@@H](O)[C@@H](O)O[C@H]3CO)O[C@H]2CO)[C@H](O)[C@H](O)[C@@H]1N[C@@H]1C=C(CO)[C@H](O)[C@@H](O)[C@@H]1O. The minimum absolute atomic E-state index is 0.0225. The summed E-state index contributed by atoms with van der Waals surface area (Å²) in [6.45, 7) is -0.753. The molecule has 3 aliphatic heterocycles. The first kappa shape index (κ1) is 35.8. The quantitative estimate of drug-likeness (QED) is 0.103. The van der Waals surface area contributed by atoms with E-state index in [4.69, 9.17) is 23.7 Å². The largest absolute Gasteiger partial charge is 0.394 e. The number of nitrogens with one attached hydrogen (secondary N) is 1. The molecular weight excluding hydrogens is 602 g/mol. The van der Waals surface area contributed by atoms with E-state index in [2.05, 4.69) is 5.32 Å². The molecule has 0 aromatic heterocycles. The maximum Gasteiger partial charge on any atom is 0.187 e. The van der Waals surface area contributed by atoms with Gasteiger partial charge in [0.15, 0.2) is 18.9 Å². The summed E-state index contributed by atoms with van der Waals surface area (Å²) in [5.74, 6) is 0. The molecule has 0 aromatic carbocycles. The van der Waals surface area contributed by atoms with E-state index in [-0.39, 0.29) is 5.57 Å². The van der Waals surface area contributed by atoms with Crippen LogP contribution < -0.4 is 5.32 Å². The van der Waals surface area contributed by atoms with Gasteiger partial charge in [0.2, 0.25) is 0 Å². The van der Waals surface area contributed by atoms with Crippen molar-refractivity contribution in [2.24, 2.45) is 0 Å². The fourth-order valence-electron chi connectivity index (χ4n) is 5.81. The molecule has 0 bridgehead atoms. The Kier molecular flexibility index (Phi) is 12.1. The lowest BCUT2D eigenvalue weighted by Crippen LogP contribution is -2.68. The summed E-state index contributed by atoms with van der Waals surface area (Å²) in [7, 11) is 0. The average molecular weight is 646 g/mol. The minimum Gasteiger partial charge on any atom is -0.394 e. The van der Waals surface area contributed by atoms with E-state index in [1.165, 1.54) is 13.0 Å². The normalized spacial score (nSPS) is 52.0. The van der Waals surface area contributed by atoms with E-state index in [9.17, 15) is 66.4 Å². The number of rotatable bonds is 9. The summed E-state index contributed by atoms with van der Waals surface area (Å²) in [5.41, 5.74) is 0.0225. The van der Waals surface area contributed by atoms with Crippen molar-refractivity contribution in [1.82, 2.24) is 5.32 Å². The second kappa shape index (κ2) is 14.8. The van der Waals surface area contributed by atoms with Crippen LogP contribution in [0.5, 0.6) is 0 Å². The van der Waals surface area contributed by atoms with E-state index in [0.29, 0.717) is 0 Å². The van der Waals surface area contributed by atoms with E-state index < -0.39 is 136 Å². The molecule has 19 nitrogen and oxygen atoms in total. The summed E-state index contributed by atoms with van der Waals surface area (Å²) >= 11 is 0. The van der Waals surface area contributed by atoms with Crippen molar-refractivity contribution in [2.75, 3.05) is 19.8 Å². The van der Waals surface area contributed by atoms with Gasteiger partial charge in [0.05, 0.1) is 38.0 Å². The predicted octanol–water partition coefficient (Wildman–Crippen LogP) is -8.56. The van der Waals surface area contributed by atoms with Crippen molar-refractivity contribution in [1.29, 1.82) is 0 Å². The monoisotopic (exact) mass is 645 g/mol. The van der Waals surface area contributed by atoms with Gasteiger partial charge in [-0.3, -0.25) is 0 Å². The van der Waals surface area contributed by atoms with Gasteiger partial charge in [-0.25, -0.2) is 0 Å². The molecular formula is C25H43NO18. The number of hydrogen-bond donors (Lipinski definition) is 14. The molecule has 0 amide bonds. The maximum atomic E-state index is 10.9. The molecule has 44 heavy (non-hydrogen) atoms. The first-order valence-corrected chi connectivity index (χ1v) is 14.1. The highest BCUT2D eigenvalue weighted by Gasteiger charge is 2.53. The Morgan fingerprint density at radius 1 is 0.636 bits per heavy atom. The van der Waals surface area contributed by atoms with Gasteiger partial charge in [-0.2, -0.15) is 0 Å². The molecule has 0 aromatic rings. The van der Waals surface area contributed by atoms with Crippen LogP contribution in [-0.4, -0.2) is 203 Å². The topological polar surface area (TPSA) is 321 Å². The van der Waals surface area contributed by atoms with Gasteiger partial charge < -0.3 is 95.4 Å². The van der Waals surface area contributed by atoms with Gasteiger partial charge in [0, 0.05) is 0 Å². The van der Waals surface area contributed by atoms with Crippen molar-refractivity contribution in [3.8, 4) is 0 Å². The molecule has 256 valence electrons. The molecule has 3 heterocycles. The van der Waals surface area contributed by atoms with Gasteiger partial charge >= 0.3 is 0 Å². The number of aliphatic hydroxyl groups excluding tert-OH is 13. The smallest absolute Gasteiger partial charge is 0.187 e. The first-order valence-electron chi connectivity index (χ1n) is 14.1. The summed E-state index contributed by atoms with van der Waals surface area (Å²) in [6, 6.07) is -2.17. The molecule has 19 heteroatoms. The summed E-state index contributed by atoms with van der Waals surface area (Å²) < 4.78 is 27.4. The molecule has 0 unspecified atom stereocenters. The van der Waals surface area contributed by atoms with Crippen LogP contribution >= 0.6 is 0 Å². The second-order valence-corrected chi connectivity index (χ2v) is 11.4. The van der Waals surface area contributed by atoms with Crippen LogP contribution in [0.1, 0.15) is 6.92 Å². The molecule has 1 aliphatic carbocycles. The van der Waals surface area contributed by atoms with Gasteiger partial charge in [0.25, 0.3) is 0 Å². The number of hydrogen-bond acceptors (Lipinski definition) is 19. The lowest BCUT2D eigenvalue weighted by Gasteiger charge is -2.48. The molecule has 0 radical (unpaired) electrons. The Morgan fingerprint density at radius 3 is 1.73 bits per heavy atom. The van der Waals surface area contributed by atoms with Crippen LogP contribution in [0.3, 0.4) is 0 Å². The third-order valence-corrected chi connectivity index (χ3v) is 8.48. The fourth-order valence-corrected chi connectivity index (χ4v) is 5.81. The molecule has 3 fully saturated rings. The molecule has 19 atom stereocenters. The Bertz CT molecular complexity index is 958. The Hall–Kier alpha value is -1.02. The van der Waals surface area contributed by atoms with Crippen LogP contribution in [-0.2, 0) is 23.7 Å². The molecule has 3 saturated heterocycles. The third kappa shape index (κ3) is 6.96. The predicted molar refractivity (Wildman–Crippen MR) is 138 cm³/mol. The highest BCUT2D eigenvalue weighted by Crippen LogP contribution is 2.32. The molecule has 0 saturated carbocycles. The van der Waals surface area contributed by atoms with Gasteiger partial charge in [-0.15, -0.1) is 0 Å². The van der Waals surface area contributed by atoms with E-state index in [0.717, 1.165) is 0 Å². The fraction of sp³-hybridized carbons (Fsp3) is 0.920. The maximum absolute atomic E-state index is 10.9. The van der Waals surface area contributed by atoms with Crippen LogP contribution in [0, 0.1) is 0 Å². The minimum atomic E-state index is -1.93. The van der Waals surface area contributed by atoms with Crippen molar-refractivity contribution in [2.45, 2.75) is 123 Å². The number of ether oxygens (including phenoxy) is 5. The molecule has 4 aliphatic rings. The average Bonchev–Trinajstić information content (AvgIpc) is 3.00. The summed E-state index contributed by atoms with van der Waals surface area (Å²) in [5, 5.41) is 136. The Morgan fingerprint density at radius 2 is 1.16 bits per heavy atom. The highest BCUT2D eigenvalue weighted by atomic mass is 16.7. The van der Waals surface area contributed by atoms with Crippen LogP contribution in [0.2, 0.25) is 0 Å². The van der Waals surface area contributed by atoms with Crippen LogP contribution in [0.15, 0.2) is 11.6 Å². The lowest BCUT2D eigenvalue weighted by atomic mass is 9.86. The van der Waals surface area contributed by atoms with E-state index in [1.807, 2.05) is 0 Å². The van der Waals surface area contributed by atoms with Crippen LogP contribution in [0.4, 0.5) is 0 Å². The second-order valence-electron chi connectivity index (χ2n) is 11.4. The Balaban J connectivity index is 1.42. The van der Waals surface area contributed by atoms with Crippen molar-refractivity contribution < 1.29 is 90.1 Å². The van der Waals surface area contributed by atoms with Gasteiger partial charge in [-0.1, -0.05) is 6.08 Å². The zero-order chi connectivity index (χ0) is 32.6. The first-order chi connectivity index (χ1) is 20.7. The van der Waals surface area contributed by atoms with Crippen molar-refractivity contribution in [3.63, 3.8) is 0 Å². The van der Waals surface area contributed by atoms with Gasteiger partial charge in [-0.05, 0) is 12.5 Å². The van der Waals surface area contributed by atoms with Gasteiger partial charge in [0.1, 0.15) is 79.4 Å². The highest BCUT2D eigenvalue weighted by molar-refractivity contribution is 5.22. The molecule has 0 spiro atoms. The zero-order valence-electron chi connectivity index (χ0n) is 23.5.